The van der Waals surface area contributed by atoms with Crippen molar-refractivity contribution < 1.29 is 37.0 Å². The average molecular weight is 430 g/mol. The topological polar surface area (TPSA) is 80.3 Å². The molecule has 0 aliphatic carbocycles. The van der Waals surface area contributed by atoms with Gasteiger partial charge in [-0.05, 0) is 32.9 Å². The van der Waals surface area contributed by atoms with E-state index in [0.29, 0.717) is 7.28 Å². The molecule has 10 heteroatoms. The molecule has 0 bridgehead atoms. The average Bonchev–Trinajstić information content (AvgIpc) is 3.00. The van der Waals surface area contributed by atoms with Crippen molar-refractivity contribution in [2.75, 3.05) is 13.7 Å². The number of hydrogen-bond acceptors (Lipinski definition) is 7. The van der Waals surface area contributed by atoms with Crippen LogP contribution < -0.4 is 4.52 Å². The predicted molar refractivity (Wildman–Crippen MR) is 109 cm³/mol. The van der Waals surface area contributed by atoms with Crippen LogP contribution in [0.5, 0.6) is 5.75 Å². The van der Waals surface area contributed by atoms with Crippen molar-refractivity contribution in [1.82, 2.24) is 0 Å². The highest BCUT2D eigenvalue weighted by Crippen LogP contribution is 2.53. The Morgan fingerprint density at radius 2 is 1.93 bits per heavy atom. The van der Waals surface area contributed by atoms with Gasteiger partial charge in [0.1, 0.15) is 24.1 Å². The van der Waals surface area contributed by atoms with Crippen LogP contribution in [0.15, 0.2) is 30.3 Å². The summed E-state index contributed by atoms with van der Waals surface area (Å²) in [5.41, 5.74) is -1.18. The second kappa shape index (κ2) is 10.6. The molecule has 2 rings (SSSR count). The quantitative estimate of drug-likeness (QED) is 0.321. The summed E-state index contributed by atoms with van der Waals surface area (Å²) in [5, 5.41) is 0. The zero-order valence-corrected chi connectivity index (χ0v) is 18.3. The van der Waals surface area contributed by atoms with Crippen LogP contribution in [-0.4, -0.2) is 63.1 Å². The van der Waals surface area contributed by atoms with E-state index in [9.17, 15) is 13.8 Å². The zero-order valence-electron chi connectivity index (χ0n) is 17.4. The molecule has 1 aliphatic rings. The Balaban J connectivity index is 2.19. The molecular weight excluding hydrogens is 401 g/mol. The highest BCUT2D eigenvalue weighted by molar-refractivity contribution is 7.56. The molecule has 0 spiro atoms. The molecule has 0 N–H and O–H groups in total. The lowest BCUT2D eigenvalue weighted by Crippen LogP contribution is -2.35. The number of ether oxygens (including phenoxy) is 3. The number of carbonyl (C=O) groups excluding carboxylic acids is 1. The van der Waals surface area contributed by atoms with Crippen molar-refractivity contribution in [2.45, 2.75) is 63.7 Å². The van der Waals surface area contributed by atoms with Gasteiger partial charge in [-0.2, -0.15) is 0 Å². The van der Waals surface area contributed by atoms with Crippen molar-refractivity contribution in [2.24, 2.45) is 0 Å². The Morgan fingerprint density at radius 3 is 2.48 bits per heavy atom. The van der Waals surface area contributed by atoms with Crippen LogP contribution in [0.25, 0.3) is 0 Å². The van der Waals surface area contributed by atoms with Crippen LogP contribution in [-0.2, 0) is 28.1 Å². The lowest BCUT2D eigenvalue weighted by atomic mass is 9.72. The van der Waals surface area contributed by atoms with Gasteiger partial charge in [-0.25, -0.2) is 8.96 Å². The monoisotopic (exact) mass is 430 g/mol. The number of esters is 1. The number of benzene rings is 1. The van der Waals surface area contributed by atoms with Gasteiger partial charge >= 0.3 is 13.6 Å². The molecule has 6 atom stereocenters. The normalized spacial score (nSPS) is 27.3. The van der Waals surface area contributed by atoms with E-state index in [-0.39, 0.29) is 18.5 Å². The first-order valence-electron chi connectivity index (χ1n) is 9.73. The van der Waals surface area contributed by atoms with Gasteiger partial charge in [0.2, 0.25) is 0 Å². The molecule has 162 valence electrons. The molecule has 1 saturated heterocycles. The number of hydrogen-bond donors (Lipinski definition) is 0. The summed E-state index contributed by atoms with van der Waals surface area (Å²) in [6, 6.07) is 7.76. The summed E-state index contributed by atoms with van der Waals surface area (Å²) >= 11 is 0. The van der Waals surface area contributed by atoms with Gasteiger partial charge in [0.25, 0.3) is 0 Å². The minimum atomic E-state index is -4.01. The fraction of sp³-hybridized carbons (Fsp3) is 0.632. The Labute approximate surface area is 172 Å². The van der Waals surface area contributed by atoms with E-state index < -0.39 is 43.6 Å². The van der Waals surface area contributed by atoms with Gasteiger partial charge in [-0.1, -0.05) is 25.0 Å². The van der Waals surface area contributed by atoms with Crippen molar-refractivity contribution in [3.8, 4) is 5.75 Å². The third-order valence-electron chi connectivity index (χ3n) is 4.62. The maximum Gasteiger partial charge on any atom is 0.393 e. The second-order valence-electron chi connectivity index (χ2n) is 7.17. The number of para-hydroxylation sites is 1. The minimum absolute atomic E-state index is 0.251. The molecular formula is C19H29BFO7P. The summed E-state index contributed by atoms with van der Waals surface area (Å²) in [4.78, 5) is 12.4. The van der Waals surface area contributed by atoms with E-state index in [0.717, 1.165) is 0 Å². The Hall–Kier alpha value is -1.41. The minimum Gasteiger partial charge on any atom is -0.462 e. The SMILES string of the molecule is CB[C@@H]1O[C@H](COP(=O)(Oc2ccccc2)[C@@H](C)C(=O)OC(C)C)[C@H](OC)C1F. The summed E-state index contributed by atoms with van der Waals surface area (Å²) in [7, 11) is -2.17. The molecule has 0 aromatic heterocycles. The molecule has 7 nitrogen and oxygen atoms in total. The highest BCUT2D eigenvalue weighted by atomic mass is 31.2. The molecule has 1 aliphatic heterocycles. The molecule has 1 aromatic carbocycles. The van der Waals surface area contributed by atoms with E-state index in [1.807, 2.05) is 0 Å². The highest BCUT2D eigenvalue weighted by Gasteiger charge is 2.47. The van der Waals surface area contributed by atoms with Crippen molar-refractivity contribution in [3.05, 3.63) is 30.3 Å². The molecule has 0 radical (unpaired) electrons. The van der Waals surface area contributed by atoms with Crippen LogP contribution in [0.4, 0.5) is 4.39 Å². The van der Waals surface area contributed by atoms with Crippen LogP contribution >= 0.6 is 7.60 Å². The Morgan fingerprint density at radius 1 is 1.28 bits per heavy atom. The van der Waals surface area contributed by atoms with E-state index in [2.05, 4.69) is 0 Å². The molecule has 2 unspecified atom stereocenters. The number of halogens is 1. The van der Waals surface area contributed by atoms with Gasteiger partial charge in [-0.3, -0.25) is 9.32 Å². The summed E-state index contributed by atoms with van der Waals surface area (Å²) in [5.74, 6) is -0.421. The first-order valence-corrected chi connectivity index (χ1v) is 11.3. The largest absolute Gasteiger partial charge is 0.462 e. The van der Waals surface area contributed by atoms with Crippen molar-refractivity contribution in [3.63, 3.8) is 0 Å². The molecule has 29 heavy (non-hydrogen) atoms. The lowest BCUT2D eigenvalue weighted by molar-refractivity contribution is -0.146. The Bertz CT molecular complexity index is 705. The van der Waals surface area contributed by atoms with E-state index in [1.54, 1.807) is 51.0 Å². The standard InChI is InChI=1S/C19H29BFO7P/c1-12(2)26-19(22)13(3)29(23,28-14-9-7-6-8-10-14)25-11-15-17(24-5)16(21)18(20-4)27-15/h6-10,12-13,15-18,20H,11H2,1-5H3/t13-,15+,16?,17-,18+,29?/m0/s1. The maximum atomic E-state index is 14.4. The summed E-state index contributed by atoms with van der Waals surface area (Å²) in [6.07, 6.45) is -3.34. The van der Waals surface area contributed by atoms with Crippen LogP contribution in [0.3, 0.4) is 0 Å². The first kappa shape index (κ1) is 23.9. The fourth-order valence-electron chi connectivity index (χ4n) is 3.01. The smallest absolute Gasteiger partial charge is 0.393 e. The fourth-order valence-corrected chi connectivity index (χ4v) is 4.54. The number of rotatable bonds is 10. The number of methoxy groups -OCH3 is 1. The van der Waals surface area contributed by atoms with E-state index in [1.165, 1.54) is 14.0 Å². The zero-order chi connectivity index (χ0) is 21.6. The van der Waals surface area contributed by atoms with Crippen LogP contribution in [0.1, 0.15) is 20.8 Å². The van der Waals surface area contributed by atoms with Gasteiger partial charge in [0.15, 0.2) is 12.9 Å². The van der Waals surface area contributed by atoms with Gasteiger partial charge in [-0.15, -0.1) is 0 Å². The van der Waals surface area contributed by atoms with Crippen LogP contribution in [0, 0.1) is 0 Å². The number of alkyl halides is 1. The van der Waals surface area contributed by atoms with Gasteiger partial charge in [0, 0.05) is 7.11 Å². The third kappa shape index (κ3) is 6.04. The van der Waals surface area contributed by atoms with Gasteiger partial charge in [0.05, 0.1) is 18.7 Å². The number of carbonyl (C=O) groups is 1. The van der Waals surface area contributed by atoms with Gasteiger partial charge < -0.3 is 18.7 Å². The predicted octanol–water partition coefficient (Wildman–Crippen LogP) is 3.18. The van der Waals surface area contributed by atoms with E-state index >= 15 is 0 Å². The summed E-state index contributed by atoms with van der Waals surface area (Å²) < 4.78 is 55.3. The third-order valence-corrected chi connectivity index (χ3v) is 6.76. The van der Waals surface area contributed by atoms with Crippen LogP contribution in [0.2, 0.25) is 6.82 Å². The van der Waals surface area contributed by atoms with Crippen molar-refractivity contribution >= 4 is 20.8 Å². The first-order chi connectivity index (χ1) is 13.7. The van der Waals surface area contributed by atoms with E-state index in [4.69, 9.17) is 23.3 Å². The second-order valence-corrected chi connectivity index (χ2v) is 9.46. The Kier molecular flexibility index (Phi) is 8.70. The molecule has 0 saturated carbocycles. The molecule has 1 aromatic rings. The summed E-state index contributed by atoms with van der Waals surface area (Å²) in [6.45, 7) is 6.36. The molecule has 0 amide bonds. The lowest BCUT2D eigenvalue weighted by Gasteiger charge is -2.26. The van der Waals surface area contributed by atoms with Crippen molar-refractivity contribution in [1.29, 1.82) is 0 Å². The molecule has 1 heterocycles. The maximum absolute atomic E-state index is 14.4. The molecule has 1 fully saturated rings.